The Bertz CT molecular complexity index is 780. The summed E-state index contributed by atoms with van der Waals surface area (Å²) in [6.45, 7) is 2.53. The van der Waals surface area contributed by atoms with E-state index in [0.717, 1.165) is 12.0 Å². The molecule has 0 saturated heterocycles. The van der Waals surface area contributed by atoms with E-state index in [-0.39, 0.29) is 24.8 Å². The number of benzene rings is 2. The second-order valence-corrected chi connectivity index (χ2v) is 8.12. The van der Waals surface area contributed by atoms with Gasteiger partial charge in [-0.1, -0.05) is 37.3 Å². The number of esters is 1. The Kier molecular flexibility index (Phi) is 8.49. The van der Waals surface area contributed by atoms with Crippen molar-refractivity contribution in [3.8, 4) is 5.75 Å². The monoisotopic (exact) mass is 408 g/mol. The van der Waals surface area contributed by atoms with E-state index in [0.29, 0.717) is 24.3 Å². The predicted octanol–water partition coefficient (Wildman–Crippen LogP) is 5.99. The average molecular weight is 409 g/mol. The van der Waals surface area contributed by atoms with Gasteiger partial charge in [0.05, 0.1) is 6.61 Å². The number of Topliss-reactive ketones (excluding diaryl/α,β-unsaturated/α-hetero) is 1. The van der Waals surface area contributed by atoms with E-state index in [9.17, 15) is 9.59 Å². The Morgan fingerprint density at radius 1 is 0.867 bits per heavy atom. The van der Waals surface area contributed by atoms with Crippen molar-refractivity contribution in [2.75, 3.05) is 6.61 Å². The molecule has 0 aliphatic heterocycles. The molecule has 2 aliphatic rings. The van der Waals surface area contributed by atoms with Crippen LogP contribution < -0.4 is 4.74 Å². The fourth-order valence-electron chi connectivity index (χ4n) is 3.72. The van der Waals surface area contributed by atoms with Crippen molar-refractivity contribution in [1.82, 2.24) is 0 Å². The molecule has 2 saturated carbocycles. The van der Waals surface area contributed by atoms with Crippen LogP contribution in [-0.4, -0.2) is 18.4 Å². The van der Waals surface area contributed by atoms with Crippen molar-refractivity contribution >= 4 is 11.8 Å². The Labute approximate surface area is 179 Å². The van der Waals surface area contributed by atoms with E-state index < -0.39 is 0 Å². The third-order valence-electron chi connectivity index (χ3n) is 5.95. The molecular formula is C26H32O4. The summed E-state index contributed by atoms with van der Waals surface area (Å²) in [5.74, 6) is 2.84. The molecule has 160 valence electrons. The maximum atomic E-state index is 12.0. The quantitative estimate of drug-likeness (QED) is 0.378. The molecule has 2 aromatic carbocycles. The fourth-order valence-corrected chi connectivity index (χ4v) is 3.72. The molecule has 2 aromatic rings. The van der Waals surface area contributed by atoms with Crippen LogP contribution in [-0.2, 0) is 16.1 Å². The van der Waals surface area contributed by atoms with Crippen LogP contribution in [0.2, 0.25) is 0 Å². The zero-order valence-corrected chi connectivity index (χ0v) is 17.8. The standard InChI is InChI=1S/C20H22O4.C6H10/c1-2-6-20(22)23-14-13-19(21)17-9-11-18(12-10-17)24-15-16-7-4-3-5-8-16;1-2-6-4-3-5(1)6/h3-5,7-12H,2,6,13-15H2,1H3;5-6H,1-4H2. The predicted molar refractivity (Wildman–Crippen MR) is 117 cm³/mol. The van der Waals surface area contributed by atoms with Gasteiger partial charge >= 0.3 is 5.97 Å². The van der Waals surface area contributed by atoms with Crippen LogP contribution in [0.4, 0.5) is 0 Å². The van der Waals surface area contributed by atoms with Crippen LogP contribution in [0.1, 0.15) is 67.8 Å². The molecule has 30 heavy (non-hydrogen) atoms. The van der Waals surface area contributed by atoms with Gasteiger partial charge in [-0.25, -0.2) is 0 Å². The normalized spacial score (nSPS) is 18.6. The molecule has 0 N–H and O–H groups in total. The van der Waals surface area contributed by atoms with Crippen LogP contribution in [0, 0.1) is 11.8 Å². The summed E-state index contributed by atoms with van der Waals surface area (Å²) < 4.78 is 10.7. The lowest BCUT2D eigenvalue weighted by Gasteiger charge is -2.46. The highest BCUT2D eigenvalue weighted by atomic mass is 16.5. The zero-order valence-electron chi connectivity index (χ0n) is 17.8. The Morgan fingerprint density at radius 3 is 2.03 bits per heavy atom. The SMILES string of the molecule is C1CC2CCC12.CCCC(=O)OCCC(=O)c1ccc(OCc2ccccc2)cc1. The van der Waals surface area contributed by atoms with Gasteiger partial charge in [-0.15, -0.1) is 0 Å². The fraction of sp³-hybridized carbons (Fsp3) is 0.462. The number of ketones is 1. The average Bonchev–Trinajstić information content (AvgIpc) is 2.76. The van der Waals surface area contributed by atoms with Crippen LogP contribution in [0.5, 0.6) is 5.75 Å². The molecule has 0 radical (unpaired) electrons. The first kappa shape index (κ1) is 22.1. The summed E-state index contributed by atoms with van der Waals surface area (Å²) >= 11 is 0. The van der Waals surface area contributed by atoms with E-state index in [2.05, 4.69) is 0 Å². The smallest absolute Gasteiger partial charge is 0.305 e. The van der Waals surface area contributed by atoms with E-state index >= 15 is 0 Å². The summed E-state index contributed by atoms with van der Waals surface area (Å²) in [7, 11) is 0. The third kappa shape index (κ3) is 6.72. The van der Waals surface area contributed by atoms with Crippen molar-refractivity contribution in [2.24, 2.45) is 11.8 Å². The molecular weight excluding hydrogens is 376 g/mol. The number of rotatable bonds is 9. The maximum absolute atomic E-state index is 12.0. The second-order valence-electron chi connectivity index (χ2n) is 8.12. The van der Waals surface area contributed by atoms with Gasteiger partial charge in [0.15, 0.2) is 5.78 Å². The van der Waals surface area contributed by atoms with Crippen LogP contribution >= 0.6 is 0 Å². The minimum atomic E-state index is -0.255. The van der Waals surface area contributed by atoms with Gasteiger partial charge < -0.3 is 9.47 Å². The Morgan fingerprint density at radius 2 is 1.50 bits per heavy atom. The molecule has 4 nitrogen and oxygen atoms in total. The molecule has 0 bridgehead atoms. The molecule has 0 unspecified atom stereocenters. The molecule has 0 aromatic heterocycles. The van der Waals surface area contributed by atoms with Crippen molar-refractivity contribution in [3.05, 3.63) is 65.7 Å². The number of carbonyl (C=O) groups excluding carboxylic acids is 2. The number of ether oxygens (including phenoxy) is 2. The van der Waals surface area contributed by atoms with Gasteiger partial charge in [0, 0.05) is 18.4 Å². The highest BCUT2D eigenvalue weighted by Gasteiger charge is 2.37. The number of hydrogen-bond acceptors (Lipinski definition) is 4. The third-order valence-corrected chi connectivity index (χ3v) is 5.95. The molecule has 4 heteroatoms. The Balaban J connectivity index is 0.000000357. The minimum absolute atomic E-state index is 0.0473. The molecule has 0 heterocycles. The van der Waals surface area contributed by atoms with E-state index in [1.807, 2.05) is 37.3 Å². The molecule has 0 spiro atoms. The summed E-state index contributed by atoms with van der Waals surface area (Å²) in [6, 6.07) is 16.9. The van der Waals surface area contributed by atoms with Crippen LogP contribution in [0.3, 0.4) is 0 Å². The van der Waals surface area contributed by atoms with Gasteiger partial charge in [-0.2, -0.15) is 0 Å². The van der Waals surface area contributed by atoms with E-state index in [1.54, 1.807) is 49.9 Å². The highest BCUT2D eigenvalue weighted by Crippen LogP contribution is 2.49. The lowest BCUT2D eigenvalue weighted by atomic mass is 9.60. The zero-order chi connectivity index (χ0) is 21.2. The summed E-state index contributed by atoms with van der Waals surface area (Å²) in [5.41, 5.74) is 1.68. The maximum Gasteiger partial charge on any atom is 0.305 e. The van der Waals surface area contributed by atoms with Gasteiger partial charge in [0.2, 0.25) is 0 Å². The molecule has 0 atom stereocenters. The summed E-state index contributed by atoms with van der Waals surface area (Å²) in [5, 5.41) is 0. The van der Waals surface area contributed by atoms with E-state index in [4.69, 9.17) is 9.47 Å². The first-order valence-corrected chi connectivity index (χ1v) is 11.1. The van der Waals surface area contributed by atoms with Crippen LogP contribution in [0.25, 0.3) is 0 Å². The number of hydrogen-bond donors (Lipinski definition) is 0. The second kappa shape index (κ2) is 11.5. The van der Waals surface area contributed by atoms with Crippen molar-refractivity contribution in [3.63, 3.8) is 0 Å². The summed E-state index contributed by atoms with van der Waals surface area (Å²) in [4.78, 5) is 23.3. The molecule has 0 amide bonds. The van der Waals surface area contributed by atoms with Crippen LogP contribution in [0.15, 0.2) is 54.6 Å². The van der Waals surface area contributed by atoms with Gasteiger partial charge in [0.25, 0.3) is 0 Å². The van der Waals surface area contributed by atoms with Gasteiger partial charge in [-0.3, -0.25) is 9.59 Å². The van der Waals surface area contributed by atoms with Crippen molar-refractivity contribution in [2.45, 2.75) is 58.5 Å². The first-order valence-electron chi connectivity index (χ1n) is 11.1. The van der Waals surface area contributed by atoms with Gasteiger partial charge in [0.1, 0.15) is 12.4 Å². The largest absolute Gasteiger partial charge is 0.489 e. The molecule has 2 fully saturated rings. The summed E-state index contributed by atoms with van der Waals surface area (Å²) in [6.07, 6.45) is 7.57. The topological polar surface area (TPSA) is 52.6 Å². The van der Waals surface area contributed by atoms with Gasteiger partial charge in [-0.05, 0) is 73.8 Å². The lowest BCUT2D eigenvalue weighted by Crippen LogP contribution is -2.34. The van der Waals surface area contributed by atoms with E-state index in [1.165, 1.54) is 11.8 Å². The Hall–Kier alpha value is -2.62. The molecule has 4 rings (SSSR count). The van der Waals surface area contributed by atoms with Crippen molar-refractivity contribution in [1.29, 1.82) is 0 Å². The highest BCUT2D eigenvalue weighted by molar-refractivity contribution is 5.96. The van der Waals surface area contributed by atoms with Crippen molar-refractivity contribution < 1.29 is 19.1 Å². The number of fused-ring (bicyclic) bond motifs is 1. The molecule has 2 aliphatic carbocycles. The number of carbonyl (C=O) groups is 2. The first-order chi connectivity index (χ1) is 14.7. The lowest BCUT2D eigenvalue weighted by molar-refractivity contribution is -0.143. The minimum Gasteiger partial charge on any atom is -0.489 e.